The zero-order valence-electron chi connectivity index (χ0n) is 14.5. The molecule has 0 amide bonds. The molecule has 2 aromatic carbocycles. The fourth-order valence-electron chi connectivity index (χ4n) is 2.41. The van der Waals surface area contributed by atoms with Crippen molar-refractivity contribution in [2.24, 2.45) is 0 Å². The summed E-state index contributed by atoms with van der Waals surface area (Å²) in [6.07, 6.45) is 7.79. The largest absolute Gasteiger partial charge is 0.101 e. The minimum Gasteiger partial charge on any atom is -0.101 e. The van der Waals surface area contributed by atoms with Crippen LogP contribution in [0.25, 0.3) is 0 Å². The summed E-state index contributed by atoms with van der Waals surface area (Å²) in [7, 11) is 6.90. The van der Waals surface area contributed by atoms with E-state index in [2.05, 4.69) is 50.6 Å². The van der Waals surface area contributed by atoms with Crippen LogP contribution >= 0.6 is 41.2 Å². The molecule has 0 heterocycles. The molecule has 0 radical (unpaired) electrons. The van der Waals surface area contributed by atoms with E-state index >= 15 is 0 Å². The van der Waals surface area contributed by atoms with Crippen LogP contribution in [0.2, 0.25) is 0 Å². The van der Waals surface area contributed by atoms with E-state index in [1.165, 1.54) is 11.1 Å². The van der Waals surface area contributed by atoms with Gasteiger partial charge < -0.3 is 0 Å². The normalized spacial score (nSPS) is 11.5. The van der Waals surface area contributed by atoms with E-state index in [1.807, 2.05) is 60.7 Å². The minimum atomic E-state index is -0.322. The standard InChI is InChI=1S/C22H22S4/c1-5-21(6-2,19-15-11-9-12-16-19)23-25-26-24-22(7-3,8-4)20-17-13-10-14-18-20/h5-18H,1-4H2. The lowest BCUT2D eigenvalue weighted by molar-refractivity contribution is 1.01. The monoisotopic (exact) mass is 414 g/mol. The van der Waals surface area contributed by atoms with Crippen LogP contribution in [0.3, 0.4) is 0 Å². The van der Waals surface area contributed by atoms with Crippen LogP contribution in [-0.2, 0) is 9.49 Å². The van der Waals surface area contributed by atoms with E-state index in [9.17, 15) is 0 Å². The molecule has 26 heavy (non-hydrogen) atoms. The maximum atomic E-state index is 4.03. The maximum Gasteiger partial charge on any atom is 0.0875 e. The topological polar surface area (TPSA) is 0 Å². The Hall–Kier alpha value is -1.20. The van der Waals surface area contributed by atoms with Crippen LogP contribution in [0, 0.1) is 0 Å². The zero-order valence-corrected chi connectivity index (χ0v) is 17.8. The molecule has 0 fully saturated rings. The zero-order chi connectivity index (χ0) is 18.9. The van der Waals surface area contributed by atoms with E-state index < -0.39 is 0 Å². The summed E-state index contributed by atoms with van der Waals surface area (Å²) in [6.45, 7) is 16.1. The Morgan fingerprint density at radius 3 is 1.12 bits per heavy atom. The predicted octanol–water partition coefficient (Wildman–Crippen LogP) is 8.20. The molecule has 0 aliphatic rings. The van der Waals surface area contributed by atoms with E-state index in [4.69, 9.17) is 0 Å². The lowest BCUT2D eigenvalue weighted by Crippen LogP contribution is -2.14. The summed E-state index contributed by atoms with van der Waals surface area (Å²) in [5, 5.41) is 0. The Kier molecular flexibility index (Phi) is 8.29. The quantitative estimate of drug-likeness (QED) is 0.206. The van der Waals surface area contributed by atoms with Crippen LogP contribution in [-0.4, -0.2) is 0 Å². The van der Waals surface area contributed by atoms with Crippen LogP contribution in [0.15, 0.2) is 111 Å². The van der Waals surface area contributed by atoms with Gasteiger partial charge in [-0.1, -0.05) is 107 Å². The molecule has 0 nitrogen and oxygen atoms in total. The molecule has 134 valence electrons. The molecule has 0 N–H and O–H groups in total. The van der Waals surface area contributed by atoms with Gasteiger partial charge in [0.25, 0.3) is 0 Å². The third-order valence-corrected chi connectivity index (χ3v) is 11.4. The molecule has 0 aliphatic carbocycles. The van der Waals surface area contributed by atoms with Gasteiger partial charge in [-0.25, -0.2) is 0 Å². The fraction of sp³-hybridized carbons (Fsp3) is 0.0909. The Morgan fingerprint density at radius 2 is 0.846 bits per heavy atom. The highest BCUT2D eigenvalue weighted by atomic mass is 33.7. The van der Waals surface area contributed by atoms with Crippen molar-refractivity contribution in [3.63, 3.8) is 0 Å². The van der Waals surface area contributed by atoms with Crippen molar-refractivity contribution >= 4 is 41.2 Å². The average molecular weight is 415 g/mol. The van der Waals surface area contributed by atoms with Gasteiger partial charge in [-0.2, -0.15) is 0 Å². The van der Waals surface area contributed by atoms with Crippen molar-refractivity contribution in [2.45, 2.75) is 9.49 Å². The summed E-state index contributed by atoms with van der Waals surface area (Å²) in [5.41, 5.74) is 2.35. The third kappa shape index (κ3) is 4.74. The molecule has 0 spiro atoms. The summed E-state index contributed by atoms with van der Waals surface area (Å²) in [5.74, 6) is 0. The first-order valence-corrected chi connectivity index (χ1v) is 12.8. The van der Waals surface area contributed by atoms with Gasteiger partial charge in [0.2, 0.25) is 0 Å². The number of benzene rings is 2. The van der Waals surface area contributed by atoms with E-state index in [-0.39, 0.29) is 9.49 Å². The van der Waals surface area contributed by atoms with E-state index in [0.29, 0.717) is 0 Å². The first-order valence-electron chi connectivity index (χ1n) is 8.02. The number of hydrogen-bond acceptors (Lipinski definition) is 4. The molecule has 0 aromatic heterocycles. The van der Waals surface area contributed by atoms with Crippen molar-refractivity contribution in [2.75, 3.05) is 0 Å². The first-order chi connectivity index (χ1) is 12.7. The van der Waals surface area contributed by atoms with Crippen molar-refractivity contribution in [3.05, 3.63) is 122 Å². The number of hydrogen-bond donors (Lipinski definition) is 0. The molecule has 0 atom stereocenters. The highest BCUT2D eigenvalue weighted by Gasteiger charge is 2.29. The Morgan fingerprint density at radius 1 is 0.538 bits per heavy atom. The molecule has 2 aromatic rings. The van der Waals surface area contributed by atoms with Gasteiger partial charge in [-0.3, -0.25) is 0 Å². The lowest BCUT2D eigenvalue weighted by atomic mass is 9.98. The fourth-order valence-corrected chi connectivity index (χ4v) is 9.69. The van der Waals surface area contributed by atoms with Crippen molar-refractivity contribution in [3.8, 4) is 0 Å². The first kappa shape index (κ1) is 21.1. The molecule has 0 saturated heterocycles. The van der Waals surface area contributed by atoms with Crippen molar-refractivity contribution in [1.29, 1.82) is 0 Å². The van der Waals surface area contributed by atoms with E-state index in [1.54, 1.807) is 41.2 Å². The molecule has 0 unspecified atom stereocenters. The molecule has 4 heteroatoms. The summed E-state index contributed by atoms with van der Waals surface area (Å²) < 4.78 is -0.644. The molecule has 0 bridgehead atoms. The van der Waals surface area contributed by atoms with Gasteiger partial charge in [0.05, 0.1) is 9.49 Å². The lowest BCUT2D eigenvalue weighted by Gasteiger charge is -2.28. The number of rotatable bonds is 11. The second-order valence-electron chi connectivity index (χ2n) is 5.44. The summed E-state index contributed by atoms with van der Waals surface area (Å²) in [6, 6.07) is 20.6. The van der Waals surface area contributed by atoms with E-state index in [0.717, 1.165) is 0 Å². The smallest absolute Gasteiger partial charge is 0.0875 e. The molecular formula is C22H22S4. The van der Waals surface area contributed by atoms with Crippen molar-refractivity contribution < 1.29 is 0 Å². The van der Waals surface area contributed by atoms with Crippen molar-refractivity contribution in [1.82, 2.24) is 0 Å². The summed E-state index contributed by atoms with van der Waals surface area (Å²) in [4.78, 5) is 0. The highest BCUT2D eigenvalue weighted by molar-refractivity contribution is 9.26. The second-order valence-corrected chi connectivity index (χ2v) is 11.7. The van der Waals surface area contributed by atoms with Crippen LogP contribution in [0.4, 0.5) is 0 Å². The van der Waals surface area contributed by atoms with Gasteiger partial charge in [-0.05, 0) is 30.8 Å². The summed E-state index contributed by atoms with van der Waals surface area (Å²) >= 11 is 0. The maximum absolute atomic E-state index is 4.03. The van der Waals surface area contributed by atoms with Gasteiger partial charge in [-0.15, -0.1) is 26.3 Å². The Labute approximate surface area is 172 Å². The molecule has 2 rings (SSSR count). The Bertz CT molecular complexity index is 656. The molecule has 0 aliphatic heterocycles. The van der Waals surface area contributed by atoms with Crippen LogP contribution < -0.4 is 0 Å². The SMILES string of the molecule is C=CC(C=C)(SSSSC(C=C)(C=C)c1ccccc1)c1ccccc1. The highest BCUT2D eigenvalue weighted by Crippen LogP contribution is 2.58. The van der Waals surface area contributed by atoms with Crippen LogP contribution in [0.1, 0.15) is 11.1 Å². The van der Waals surface area contributed by atoms with Gasteiger partial charge in [0.1, 0.15) is 0 Å². The molecule has 0 saturated carbocycles. The second kappa shape index (κ2) is 10.2. The van der Waals surface area contributed by atoms with Gasteiger partial charge in [0.15, 0.2) is 0 Å². The molecular weight excluding hydrogens is 393 g/mol. The van der Waals surface area contributed by atoms with Gasteiger partial charge in [0, 0.05) is 0 Å². The average Bonchev–Trinajstić information content (AvgIpc) is 2.73. The Balaban J connectivity index is 2.08. The third-order valence-electron chi connectivity index (χ3n) is 4.03. The predicted molar refractivity (Wildman–Crippen MR) is 127 cm³/mol. The van der Waals surface area contributed by atoms with Crippen LogP contribution in [0.5, 0.6) is 0 Å². The van der Waals surface area contributed by atoms with Gasteiger partial charge >= 0.3 is 0 Å². The minimum absolute atomic E-state index is 0.322.